The van der Waals surface area contributed by atoms with E-state index >= 15 is 0 Å². The molecule has 0 saturated heterocycles. The Hall–Kier alpha value is -2.82. The Kier molecular flexibility index (Phi) is 5.79. The van der Waals surface area contributed by atoms with Gasteiger partial charge in [0.2, 0.25) is 0 Å². The van der Waals surface area contributed by atoms with E-state index in [1.165, 1.54) is 17.7 Å². The third-order valence-electron chi connectivity index (χ3n) is 5.05. The lowest BCUT2D eigenvalue weighted by atomic mass is 9.88. The highest BCUT2D eigenvalue weighted by Gasteiger charge is 2.31. The first-order valence-electron chi connectivity index (χ1n) is 9.20. The van der Waals surface area contributed by atoms with Gasteiger partial charge in [0, 0.05) is 39.3 Å². The van der Waals surface area contributed by atoms with Crippen molar-refractivity contribution in [3.8, 4) is 0 Å². The number of nitrogens with one attached hydrogen (secondary N) is 1. The van der Waals surface area contributed by atoms with Crippen LogP contribution in [0.4, 0.5) is 9.18 Å². The zero-order chi connectivity index (χ0) is 19.4. The van der Waals surface area contributed by atoms with Gasteiger partial charge in [0.15, 0.2) is 0 Å². The minimum atomic E-state index is -0.277. The molecule has 0 saturated carbocycles. The lowest BCUT2D eigenvalue weighted by Gasteiger charge is -2.37. The van der Waals surface area contributed by atoms with Gasteiger partial charge in [0.05, 0.1) is 6.04 Å². The SMILES string of the molecule is C=C(CCNC(=O)N1CCc2ccccc2[C@@H]1c1ccc(F)cc1)N(C)C. The summed E-state index contributed by atoms with van der Waals surface area (Å²) in [6.45, 7) is 5.15. The maximum Gasteiger partial charge on any atom is 0.318 e. The summed E-state index contributed by atoms with van der Waals surface area (Å²) in [4.78, 5) is 16.7. The summed E-state index contributed by atoms with van der Waals surface area (Å²) in [6.07, 6.45) is 1.51. The first-order valence-corrected chi connectivity index (χ1v) is 9.20. The Bertz CT molecular complexity index is 817. The second-order valence-electron chi connectivity index (χ2n) is 7.04. The van der Waals surface area contributed by atoms with E-state index in [-0.39, 0.29) is 17.9 Å². The molecule has 1 heterocycles. The van der Waals surface area contributed by atoms with Gasteiger partial charge in [0.1, 0.15) is 5.82 Å². The van der Waals surface area contributed by atoms with E-state index in [4.69, 9.17) is 0 Å². The van der Waals surface area contributed by atoms with Crippen molar-refractivity contribution in [1.29, 1.82) is 0 Å². The summed E-state index contributed by atoms with van der Waals surface area (Å²) >= 11 is 0. The van der Waals surface area contributed by atoms with E-state index in [9.17, 15) is 9.18 Å². The van der Waals surface area contributed by atoms with E-state index < -0.39 is 0 Å². The van der Waals surface area contributed by atoms with Crippen LogP contribution in [-0.4, -0.2) is 43.0 Å². The van der Waals surface area contributed by atoms with Crippen molar-refractivity contribution in [2.24, 2.45) is 0 Å². The van der Waals surface area contributed by atoms with Crippen molar-refractivity contribution in [2.45, 2.75) is 18.9 Å². The van der Waals surface area contributed by atoms with Gasteiger partial charge in [-0.05, 0) is 35.2 Å². The molecule has 0 unspecified atom stereocenters. The predicted octanol–water partition coefficient (Wildman–Crippen LogP) is 3.95. The van der Waals surface area contributed by atoms with Gasteiger partial charge in [-0.3, -0.25) is 0 Å². The van der Waals surface area contributed by atoms with Gasteiger partial charge in [-0.15, -0.1) is 0 Å². The van der Waals surface area contributed by atoms with Gasteiger partial charge in [0.25, 0.3) is 0 Å². The first-order chi connectivity index (χ1) is 13.0. The molecule has 4 nitrogen and oxygen atoms in total. The zero-order valence-electron chi connectivity index (χ0n) is 15.9. The molecule has 0 aromatic heterocycles. The molecule has 1 aliphatic rings. The van der Waals surface area contributed by atoms with Crippen LogP contribution in [0.15, 0.2) is 60.8 Å². The minimum Gasteiger partial charge on any atom is -0.381 e. The summed E-state index contributed by atoms with van der Waals surface area (Å²) < 4.78 is 13.4. The molecule has 3 rings (SSSR count). The number of benzene rings is 2. The van der Waals surface area contributed by atoms with Gasteiger partial charge in [-0.25, -0.2) is 9.18 Å². The van der Waals surface area contributed by atoms with Crippen LogP contribution >= 0.6 is 0 Å². The van der Waals surface area contributed by atoms with Gasteiger partial charge < -0.3 is 15.1 Å². The molecule has 0 bridgehead atoms. The molecule has 0 spiro atoms. The van der Waals surface area contributed by atoms with Crippen LogP contribution in [0, 0.1) is 5.82 Å². The highest BCUT2D eigenvalue weighted by molar-refractivity contribution is 5.76. The lowest BCUT2D eigenvalue weighted by molar-refractivity contribution is 0.180. The van der Waals surface area contributed by atoms with Crippen molar-refractivity contribution in [3.05, 3.63) is 83.3 Å². The molecule has 0 radical (unpaired) electrons. The van der Waals surface area contributed by atoms with E-state index in [2.05, 4.69) is 24.0 Å². The number of halogens is 1. The number of hydrogen-bond acceptors (Lipinski definition) is 2. The topological polar surface area (TPSA) is 35.6 Å². The average Bonchev–Trinajstić information content (AvgIpc) is 2.67. The first kappa shape index (κ1) is 19.0. The van der Waals surface area contributed by atoms with Crippen LogP contribution in [0.25, 0.3) is 0 Å². The van der Waals surface area contributed by atoms with E-state index in [0.717, 1.165) is 23.2 Å². The van der Waals surface area contributed by atoms with Crippen LogP contribution in [0.2, 0.25) is 0 Å². The zero-order valence-corrected chi connectivity index (χ0v) is 15.9. The monoisotopic (exact) mass is 367 g/mol. The molecule has 1 aliphatic heterocycles. The summed E-state index contributed by atoms with van der Waals surface area (Å²) in [5, 5.41) is 3.01. The standard InChI is InChI=1S/C22H26FN3O/c1-16(25(2)3)12-14-24-22(27)26-15-13-17-6-4-5-7-20(17)21(26)18-8-10-19(23)11-9-18/h4-11,21H,1,12-15H2,2-3H3,(H,24,27)/t21-/m0/s1. The number of fused-ring (bicyclic) bond motifs is 1. The fourth-order valence-corrected chi connectivity index (χ4v) is 3.43. The Morgan fingerprint density at radius 2 is 1.93 bits per heavy atom. The van der Waals surface area contributed by atoms with Crippen LogP contribution in [0.1, 0.15) is 29.2 Å². The molecular formula is C22H26FN3O. The molecule has 2 amide bonds. The van der Waals surface area contributed by atoms with Crippen LogP contribution in [0.3, 0.4) is 0 Å². The maximum absolute atomic E-state index is 13.4. The second kappa shape index (κ2) is 8.25. The highest BCUT2D eigenvalue weighted by atomic mass is 19.1. The summed E-state index contributed by atoms with van der Waals surface area (Å²) in [5.41, 5.74) is 4.21. The van der Waals surface area contributed by atoms with Gasteiger partial charge in [-0.2, -0.15) is 0 Å². The summed E-state index contributed by atoms with van der Waals surface area (Å²) in [6, 6.07) is 14.2. The molecule has 2 aromatic rings. The van der Waals surface area contributed by atoms with Gasteiger partial charge >= 0.3 is 6.03 Å². The second-order valence-corrected chi connectivity index (χ2v) is 7.04. The number of rotatable bonds is 5. The van der Waals surface area contributed by atoms with Crippen LogP contribution < -0.4 is 5.32 Å². The van der Waals surface area contributed by atoms with Crippen LogP contribution in [0.5, 0.6) is 0 Å². The van der Waals surface area contributed by atoms with Crippen molar-refractivity contribution < 1.29 is 9.18 Å². The number of urea groups is 1. The number of nitrogens with zero attached hydrogens (tertiary/aromatic N) is 2. The summed E-state index contributed by atoms with van der Waals surface area (Å²) in [7, 11) is 3.88. The molecule has 0 fully saturated rings. The fourth-order valence-electron chi connectivity index (χ4n) is 3.43. The molecule has 1 atom stereocenters. The highest BCUT2D eigenvalue weighted by Crippen LogP contribution is 2.35. The van der Waals surface area contributed by atoms with E-state index in [1.54, 1.807) is 12.1 Å². The molecule has 0 aliphatic carbocycles. The fraction of sp³-hybridized carbons (Fsp3) is 0.318. The molecule has 2 aromatic carbocycles. The normalized spacial score (nSPS) is 15.8. The molecule has 1 N–H and O–H groups in total. The Morgan fingerprint density at radius 3 is 2.63 bits per heavy atom. The number of hydrogen-bond donors (Lipinski definition) is 1. The third-order valence-corrected chi connectivity index (χ3v) is 5.05. The van der Waals surface area contributed by atoms with Crippen molar-refractivity contribution in [1.82, 2.24) is 15.1 Å². The van der Waals surface area contributed by atoms with E-state index in [0.29, 0.717) is 19.5 Å². The summed E-state index contributed by atoms with van der Waals surface area (Å²) in [5.74, 6) is -0.277. The molecule has 27 heavy (non-hydrogen) atoms. The molecular weight excluding hydrogens is 341 g/mol. The Morgan fingerprint density at radius 1 is 1.22 bits per heavy atom. The quantitative estimate of drug-likeness (QED) is 0.869. The predicted molar refractivity (Wildman–Crippen MR) is 106 cm³/mol. The number of carbonyl (C=O) groups is 1. The largest absolute Gasteiger partial charge is 0.381 e. The van der Waals surface area contributed by atoms with Crippen molar-refractivity contribution in [3.63, 3.8) is 0 Å². The smallest absolute Gasteiger partial charge is 0.318 e. The van der Waals surface area contributed by atoms with Crippen LogP contribution in [-0.2, 0) is 6.42 Å². The van der Waals surface area contributed by atoms with Crippen molar-refractivity contribution >= 4 is 6.03 Å². The Balaban J connectivity index is 1.81. The third kappa shape index (κ3) is 4.30. The van der Waals surface area contributed by atoms with Crippen molar-refractivity contribution in [2.75, 3.05) is 27.2 Å². The number of carbonyl (C=O) groups excluding carboxylic acids is 1. The average molecular weight is 367 g/mol. The molecule has 142 valence electrons. The van der Waals surface area contributed by atoms with Gasteiger partial charge in [-0.1, -0.05) is 43.0 Å². The van der Waals surface area contributed by atoms with E-state index in [1.807, 2.05) is 36.0 Å². The number of amides is 2. The maximum atomic E-state index is 13.4. The lowest BCUT2D eigenvalue weighted by Crippen LogP contribution is -2.46. The Labute approximate surface area is 160 Å². The minimum absolute atomic E-state index is 0.106. The molecule has 5 heteroatoms.